The molecule has 4 N–H and O–H groups in total. The quantitative estimate of drug-likeness (QED) is 0.0331. The van der Waals surface area contributed by atoms with Crippen molar-refractivity contribution < 1.29 is 56.3 Å². The summed E-state index contributed by atoms with van der Waals surface area (Å²) in [6, 6.07) is 0. The normalized spacial score (nSPS) is 34.1. The molecule has 0 aromatic rings. The zero-order chi connectivity index (χ0) is 45.2. The lowest BCUT2D eigenvalue weighted by atomic mass is 9.45. The van der Waals surface area contributed by atoms with Crippen molar-refractivity contribution in [3.8, 4) is 0 Å². The fourth-order valence-electron chi connectivity index (χ4n) is 12.6. The van der Waals surface area contributed by atoms with Crippen LogP contribution in [0.25, 0.3) is 0 Å². The molecule has 5 aliphatic rings. The van der Waals surface area contributed by atoms with Gasteiger partial charge < -0.3 is 29.5 Å². The van der Waals surface area contributed by atoms with Crippen molar-refractivity contribution in [3.63, 3.8) is 0 Å². The highest BCUT2D eigenvalue weighted by Gasteiger charge is 2.66. The number of aliphatic hydroxyl groups is 3. The number of esters is 2. The van der Waals surface area contributed by atoms with Gasteiger partial charge in [-0.3, -0.25) is 14.1 Å². The number of carbonyl (C=O) groups excluding carboxylic acids is 2. The van der Waals surface area contributed by atoms with E-state index in [9.17, 15) is 37.9 Å². The van der Waals surface area contributed by atoms with Crippen molar-refractivity contribution in [2.45, 2.75) is 226 Å². The molecule has 0 unspecified atom stereocenters. The molecular weight excluding hydrogens is 801 g/mol. The third kappa shape index (κ3) is 11.0. The summed E-state index contributed by atoms with van der Waals surface area (Å²) in [4.78, 5) is 26.5. The van der Waals surface area contributed by atoms with Crippen molar-refractivity contribution >= 4 is 22.3 Å². The number of carbonyl (C=O) groups is 2. The second-order valence-corrected chi connectivity index (χ2v) is 22.2. The highest BCUT2D eigenvalue weighted by molar-refractivity contribution is 7.80. The van der Waals surface area contributed by atoms with Crippen LogP contribution < -0.4 is 0 Å². The van der Waals surface area contributed by atoms with Gasteiger partial charge in [-0.2, -0.15) is 8.42 Å². The van der Waals surface area contributed by atoms with E-state index in [2.05, 4.69) is 26.8 Å². The first-order valence-electron chi connectivity index (χ1n) is 23.6. The third-order valence-electron chi connectivity index (χ3n) is 16.1. The Hall–Kier alpha value is -1.87. The Bertz CT molecular complexity index is 1710. The van der Waals surface area contributed by atoms with E-state index in [0.29, 0.717) is 44.3 Å². The zero-order valence-corrected chi connectivity index (χ0v) is 39.6. The van der Waals surface area contributed by atoms with E-state index in [1.54, 1.807) is 13.8 Å². The van der Waals surface area contributed by atoms with Crippen molar-refractivity contribution in [2.24, 2.45) is 34.0 Å². The van der Waals surface area contributed by atoms with Crippen molar-refractivity contribution in [2.75, 3.05) is 6.61 Å². The molecule has 11 atom stereocenters. The van der Waals surface area contributed by atoms with Gasteiger partial charge in [0, 0.05) is 12.3 Å². The molecule has 61 heavy (non-hydrogen) atoms. The molecule has 1 saturated heterocycles. The molecule has 12 nitrogen and oxygen atoms in total. The second-order valence-electron chi connectivity index (χ2n) is 21.2. The van der Waals surface area contributed by atoms with Crippen LogP contribution in [-0.2, 0) is 38.4 Å². The first kappa shape index (κ1) is 50.1. The van der Waals surface area contributed by atoms with E-state index in [0.717, 1.165) is 43.3 Å². The minimum absolute atomic E-state index is 0.0132. The predicted octanol–water partition coefficient (Wildman–Crippen LogP) is 8.90. The maximum Gasteiger partial charge on any atom is 0.397 e. The maximum atomic E-state index is 13.6. The summed E-state index contributed by atoms with van der Waals surface area (Å²) in [5, 5.41) is 34.4. The van der Waals surface area contributed by atoms with Crippen LogP contribution in [0, 0.1) is 34.0 Å². The summed E-state index contributed by atoms with van der Waals surface area (Å²) < 4.78 is 58.2. The first-order chi connectivity index (χ1) is 28.4. The van der Waals surface area contributed by atoms with E-state index in [1.807, 2.05) is 20.8 Å². The Balaban J connectivity index is 1.34. The topological polar surface area (TPSA) is 189 Å². The lowest BCUT2D eigenvalue weighted by Gasteiger charge is -2.62. The fraction of sp³-hybridized carbons (Fsp3) is 0.875. The molecule has 0 radical (unpaired) electrons. The van der Waals surface area contributed by atoms with Crippen LogP contribution in [-0.4, -0.2) is 88.6 Å². The van der Waals surface area contributed by atoms with Gasteiger partial charge in [-0.1, -0.05) is 118 Å². The van der Waals surface area contributed by atoms with Crippen molar-refractivity contribution in [3.05, 3.63) is 22.8 Å². The minimum atomic E-state index is -4.97. The van der Waals surface area contributed by atoms with Crippen LogP contribution in [0.5, 0.6) is 0 Å². The second kappa shape index (κ2) is 19.7. The lowest BCUT2D eigenvalue weighted by molar-refractivity contribution is -0.190. The standard InChI is InChI=1S/C48H80O12S/c1-10-11-12-13-14-15-16-17-18-19-20-21-33(50)28-39(51)59-37-29-46(8)38(44(4,5)42(37)60-61(54,55)56)25-22-34-36-24-23-35(31(2)26-27-48(30-57-48)45(6,7)53)47(36,9)43(58-32(3)49)41(52)40(34)46/h24,31,33,35,37-38,41-43,50,52-53H,10-23,25-30H2,1-9H3,(H,54,55,56)/t31-,33-,35-,37-,38+,41-,42+,43+,46+,47-,48+/m1/s1. The van der Waals surface area contributed by atoms with Crippen molar-refractivity contribution in [1.29, 1.82) is 0 Å². The number of hydrogen-bond acceptors (Lipinski definition) is 11. The van der Waals surface area contributed by atoms with E-state index in [4.69, 9.17) is 18.4 Å². The van der Waals surface area contributed by atoms with Gasteiger partial charge in [0.25, 0.3) is 0 Å². The number of unbranched alkanes of at least 4 members (excludes halogenated alkanes) is 10. The van der Waals surface area contributed by atoms with Gasteiger partial charge in [-0.25, -0.2) is 4.18 Å². The van der Waals surface area contributed by atoms with Gasteiger partial charge in [-0.05, 0) is 104 Å². The maximum absolute atomic E-state index is 13.6. The van der Waals surface area contributed by atoms with Crippen LogP contribution in [0.2, 0.25) is 0 Å². The highest BCUT2D eigenvalue weighted by Crippen LogP contribution is 2.68. The molecule has 0 amide bonds. The summed E-state index contributed by atoms with van der Waals surface area (Å²) in [5.41, 5.74) is -1.42. The number of fused-ring (bicyclic) bond motifs is 4. The SMILES string of the molecule is CCCCCCCCCCCCC[C@@H](O)CC(=O)O[C@@H]1C[C@]2(C)C3=C(CC[C@H]2C(C)(C)[C@H]1OS(=O)(=O)O)C1=CC[C@H]([C@H](C)CC[C@@]2(C(C)(C)O)CO2)[C@@]1(C)[C@@H](OC(C)=O)[C@@H]3O. The molecule has 350 valence electrons. The van der Waals surface area contributed by atoms with Gasteiger partial charge in [0.05, 0.1) is 24.7 Å². The largest absolute Gasteiger partial charge is 0.459 e. The molecule has 0 spiro atoms. The fourth-order valence-corrected chi connectivity index (χ4v) is 13.3. The van der Waals surface area contributed by atoms with Gasteiger partial charge in [0.15, 0.2) is 0 Å². The number of ether oxygens (including phenoxy) is 3. The minimum Gasteiger partial charge on any atom is -0.459 e. The predicted molar refractivity (Wildman–Crippen MR) is 233 cm³/mol. The Morgan fingerprint density at radius 1 is 0.951 bits per heavy atom. The number of allylic oxidation sites excluding steroid dienone is 2. The first-order valence-corrected chi connectivity index (χ1v) is 25.0. The monoisotopic (exact) mass is 881 g/mol. The number of rotatable bonds is 23. The molecule has 4 aliphatic carbocycles. The van der Waals surface area contributed by atoms with Gasteiger partial charge >= 0.3 is 22.3 Å². The molecule has 0 aromatic carbocycles. The average molecular weight is 881 g/mol. The Kier molecular flexibility index (Phi) is 16.2. The Labute approximate surface area is 366 Å². The summed E-state index contributed by atoms with van der Waals surface area (Å²) in [6.07, 6.45) is 13.2. The average Bonchev–Trinajstić information content (AvgIpc) is 3.87. The van der Waals surface area contributed by atoms with E-state index >= 15 is 0 Å². The van der Waals surface area contributed by atoms with Gasteiger partial charge in [0.2, 0.25) is 0 Å². The van der Waals surface area contributed by atoms with Crippen LogP contribution in [0.4, 0.5) is 0 Å². The highest BCUT2D eigenvalue weighted by atomic mass is 32.3. The summed E-state index contributed by atoms with van der Waals surface area (Å²) in [5.74, 6) is -1.36. The summed E-state index contributed by atoms with van der Waals surface area (Å²) in [6.45, 7) is 17.6. The number of aliphatic hydroxyl groups excluding tert-OH is 2. The molecule has 0 aromatic heterocycles. The Morgan fingerprint density at radius 3 is 2.08 bits per heavy atom. The van der Waals surface area contributed by atoms with Crippen LogP contribution in [0.1, 0.15) is 184 Å². The Morgan fingerprint density at radius 2 is 1.54 bits per heavy atom. The lowest BCUT2D eigenvalue weighted by Crippen LogP contribution is -2.64. The molecule has 1 aliphatic heterocycles. The summed E-state index contributed by atoms with van der Waals surface area (Å²) >= 11 is 0. The van der Waals surface area contributed by atoms with Crippen LogP contribution >= 0.6 is 0 Å². The third-order valence-corrected chi connectivity index (χ3v) is 16.5. The van der Waals surface area contributed by atoms with Crippen molar-refractivity contribution in [1.82, 2.24) is 0 Å². The molecule has 5 rings (SSSR count). The van der Waals surface area contributed by atoms with E-state index in [-0.39, 0.29) is 30.6 Å². The number of epoxide rings is 1. The van der Waals surface area contributed by atoms with Crippen LogP contribution in [0.15, 0.2) is 22.8 Å². The molecule has 1 saturated carbocycles. The molecular formula is C48H80O12S. The molecule has 0 bridgehead atoms. The molecule has 2 fully saturated rings. The van der Waals surface area contributed by atoms with E-state index in [1.165, 1.54) is 51.9 Å². The zero-order valence-electron chi connectivity index (χ0n) is 38.8. The molecule has 1 heterocycles. The summed E-state index contributed by atoms with van der Waals surface area (Å²) in [7, 11) is -4.97. The van der Waals surface area contributed by atoms with Crippen LogP contribution in [0.3, 0.4) is 0 Å². The van der Waals surface area contributed by atoms with Gasteiger partial charge in [-0.15, -0.1) is 0 Å². The number of hydrogen-bond donors (Lipinski definition) is 4. The van der Waals surface area contributed by atoms with Gasteiger partial charge in [0.1, 0.15) is 30.0 Å². The molecule has 13 heteroatoms. The smallest absolute Gasteiger partial charge is 0.397 e. The van der Waals surface area contributed by atoms with E-state index < -0.39 is 80.3 Å².